The fraction of sp³-hybridized carbons (Fsp3) is 0.467. The second-order valence-corrected chi connectivity index (χ2v) is 5.15. The molecule has 99 valence electrons. The summed E-state index contributed by atoms with van der Waals surface area (Å²) in [7, 11) is 1.80. The normalized spacial score (nSPS) is 23.6. The van der Waals surface area contributed by atoms with Crippen LogP contribution in [0.1, 0.15) is 31.2 Å². The highest BCUT2D eigenvalue weighted by molar-refractivity contribution is 6.27. The largest absolute Gasteiger partial charge is 0.464 e. The van der Waals surface area contributed by atoms with Gasteiger partial charge in [-0.05, 0) is 30.8 Å². The standard InChI is InChI=1S/C15H18BO3/c17-13-6-2-4-8-15(13)19-16-9-11-10-18-14-7-3-1-5-12(11)14/h1,3,5,7,10,13,15,17H,2,4,6,8-9H2. The Hall–Kier alpha value is -1.26. The second-order valence-electron chi connectivity index (χ2n) is 5.15. The Kier molecular flexibility index (Phi) is 3.90. The van der Waals surface area contributed by atoms with E-state index in [1.807, 2.05) is 18.2 Å². The zero-order valence-corrected chi connectivity index (χ0v) is 10.9. The summed E-state index contributed by atoms with van der Waals surface area (Å²) in [6, 6.07) is 7.99. The van der Waals surface area contributed by atoms with E-state index in [1.165, 1.54) is 0 Å². The monoisotopic (exact) mass is 257 g/mol. The first-order valence-electron chi connectivity index (χ1n) is 6.95. The van der Waals surface area contributed by atoms with Crippen molar-refractivity contribution < 1.29 is 14.2 Å². The molecule has 19 heavy (non-hydrogen) atoms. The Balaban J connectivity index is 1.57. The molecule has 0 amide bonds. The molecule has 1 heterocycles. The molecule has 1 saturated carbocycles. The fourth-order valence-electron chi connectivity index (χ4n) is 2.69. The van der Waals surface area contributed by atoms with Gasteiger partial charge in [-0.25, -0.2) is 0 Å². The predicted octanol–water partition coefficient (Wildman–Crippen LogP) is 2.87. The van der Waals surface area contributed by atoms with Crippen LogP contribution in [0.4, 0.5) is 0 Å². The maximum absolute atomic E-state index is 9.83. The second kappa shape index (κ2) is 5.80. The molecule has 0 saturated heterocycles. The number of benzene rings is 1. The van der Waals surface area contributed by atoms with Gasteiger partial charge in [0.1, 0.15) is 5.58 Å². The van der Waals surface area contributed by atoms with E-state index in [1.54, 1.807) is 13.7 Å². The zero-order chi connectivity index (χ0) is 13.1. The third kappa shape index (κ3) is 2.85. The van der Waals surface area contributed by atoms with Crippen molar-refractivity contribution in [2.24, 2.45) is 0 Å². The van der Waals surface area contributed by atoms with Gasteiger partial charge in [0.05, 0.1) is 18.5 Å². The van der Waals surface area contributed by atoms with Crippen molar-refractivity contribution in [3.8, 4) is 0 Å². The van der Waals surface area contributed by atoms with Gasteiger partial charge >= 0.3 is 0 Å². The summed E-state index contributed by atoms with van der Waals surface area (Å²) >= 11 is 0. The molecule has 1 fully saturated rings. The fourth-order valence-corrected chi connectivity index (χ4v) is 2.69. The van der Waals surface area contributed by atoms with Gasteiger partial charge in [0, 0.05) is 5.39 Å². The van der Waals surface area contributed by atoms with Crippen LogP contribution >= 0.6 is 0 Å². The summed E-state index contributed by atoms with van der Waals surface area (Å²) in [4.78, 5) is 0. The lowest BCUT2D eigenvalue weighted by atomic mass is 9.87. The van der Waals surface area contributed by atoms with Gasteiger partial charge in [-0.2, -0.15) is 0 Å². The number of aliphatic hydroxyl groups excluding tert-OH is 1. The van der Waals surface area contributed by atoms with Gasteiger partial charge in [0.25, 0.3) is 7.48 Å². The molecule has 2 atom stereocenters. The van der Waals surface area contributed by atoms with Crippen molar-refractivity contribution in [2.75, 3.05) is 0 Å². The quantitative estimate of drug-likeness (QED) is 0.856. The van der Waals surface area contributed by atoms with Gasteiger partial charge in [-0.3, -0.25) is 0 Å². The Bertz CT molecular complexity index is 537. The van der Waals surface area contributed by atoms with E-state index in [2.05, 4.69) is 6.07 Å². The molecule has 1 aromatic heterocycles. The number of fused-ring (bicyclic) bond motifs is 1. The average Bonchev–Trinajstić information content (AvgIpc) is 2.85. The van der Waals surface area contributed by atoms with E-state index >= 15 is 0 Å². The highest BCUT2D eigenvalue weighted by Crippen LogP contribution is 2.23. The van der Waals surface area contributed by atoms with Crippen LogP contribution in [0.2, 0.25) is 0 Å². The summed E-state index contributed by atoms with van der Waals surface area (Å²) < 4.78 is 11.2. The van der Waals surface area contributed by atoms with Gasteiger partial charge < -0.3 is 14.2 Å². The molecule has 3 nitrogen and oxygen atoms in total. The molecule has 0 bridgehead atoms. The van der Waals surface area contributed by atoms with E-state index in [4.69, 9.17) is 9.07 Å². The van der Waals surface area contributed by atoms with Gasteiger partial charge in [0.15, 0.2) is 0 Å². The maximum atomic E-state index is 9.83. The van der Waals surface area contributed by atoms with Gasteiger partial charge in [0.2, 0.25) is 0 Å². The zero-order valence-electron chi connectivity index (χ0n) is 10.9. The van der Waals surface area contributed by atoms with E-state index in [-0.39, 0.29) is 12.2 Å². The number of para-hydroxylation sites is 1. The molecule has 0 aliphatic heterocycles. The summed E-state index contributed by atoms with van der Waals surface area (Å²) in [6.45, 7) is 0. The molecule has 1 aromatic carbocycles. The Morgan fingerprint density at radius 1 is 1.26 bits per heavy atom. The summed E-state index contributed by atoms with van der Waals surface area (Å²) in [6.07, 6.45) is 6.19. The summed E-state index contributed by atoms with van der Waals surface area (Å²) in [5.74, 6) is 0. The average molecular weight is 257 g/mol. The third-order valence-corrected chi connectivity index (χ3v) is 3.80. The van der Waals surface area contributed by atoms with Crippen LogP contribution in [0.15, 0.2) is 34.9 Å². The minimum Gasteiger partial charge on any atom is -0.464 e. The number of furan rings is 1. The van der Waals surface area contributed by atoms with Crippen molar-refractivity contribution in [1.82, 2.24) is 0 Å². The van der Waals surface area contributed by atoms with Crippen molar-refractivity contribution >= 4 is 18.5 Å². The SMILES string of the molecule is OC1CCCCC1O[B]Cc1coc2ccccc12. The molecule has 1 N–H and O–H groups in total. The Labute approximate surface area is 113 Å². The minimum absolute atomic E-state index is 0.0353. The van der Waals surface area contributed by atoms with Gasteiger partial charge in [-0.15, -0.1) is 0 Å². The lowest BCUT2D eigenvalue weighted by Gasteiger charge is -2.27. The van der Waals surface area contributed by atoms with Crippen LogP contribution in [0.3, 0.4) is 0 Å². The highest BCUT2D eigenvalue weighted by Gasteiger charge is 2.23. The van der Waals surface area contributed by atoms with Crippen LogP contribution in [-0.2, 0) is 11.0 Å². The Morgan fingerprint density at radius 2 is 2.11 bits per heavy atom. The third-order valence-electron chi connectivity index (χ3n) is 3.80. The van der Waals surface area contributed by atoms with Crippen LogP contribution in [-0.4, -0.2) is 24.8 Å². The van der Waals surface area contributed by atoms with Crippen molar-refractivity contribution in [3.05, 3.63) is 36.1 Å². The number of rotatable bonds is 4. The predicted molar refractivity (Wildman–Crippen MR) is 75.0 cm³/mol. The smallest absolute Gasteiger partial charge is 0.297 e. The molecular weight excluding hydrogens is 239 g/mol. The molecule has 1 aliphatic rings. The van der Waals surface area contributed by atoms with Crippen LogP contribution in [0.5, 0.6) is 0 Å². The van der Waals surface area contributed by atoms with E-state index in [0.717, 1.165) is 42.2 Å². The van der Waals surface area contributed by atoms with Crippen LogP contribution in [0, 0.1) is 0 Å². The minimum atomic E-state index is -0.314. The molecule has 2 unspecified atom stereocenters. The molecule has 3 rings (SSSR count). The number of hydrogen-bond donors (Lipinski definition) is 1. The molecular formula is C15H18BO3. The Morgan fingerprint density at radius 3 is 3.00 bits per heavy atom. The first-order valence-corrected chi connectivity index (χ1v) is 6.95. The molecule has 1 radical (unpaired) electrons. The lowest BCUT2D eigenvalue weighted by Crippen LogP contribution is -2.33. The van der Waals surface area contributed by atoms with E-state index < -0.39 is 0 Å². The van der Waals surface area contributed by atoms with E-state index in [0.29, 0.717) is 6.32 Å². The topological polar surface area (TPSA) is 42.6 Å². The maximum Gasteiger partial charge on any atom is 0.297 e. The lowest BCUT2D eigenvalue weighted by molar-refractivity contribution is 0.00817. The molecule has 2 aromatic rings. The van der Waals surface area contributed by atoms with Gasteiger partial charge in [-0.1, -0.05) is 31.0 Å². The number of hydrogen-bond acceptors (Lipinski definition) is 3. The first-order chi connectivity index (χ1) is 9.34. The highest BCUT2D eigenvalue weighted by atomic mass is 16.5. The van der Waals surface area contributed by atoms with E-state index in [9.17, 15) is 5.11 Å². The van der Waals surface area contributed by atoms with Crippen molar-refractivity contribution in [3.63, 3.8) is 0 Å². The van der Waals surface area contributed by atoms with Crippen molar-refractivity contribution in [1.29, 1.82) is 0 Å². The van der Waals surface area contributed by atoms with Crippen LogP contribution < -0.4 is 0 Å². The summed E-state index contributed by atoms with van der Waals surface area (Å²) in [5, 5.41) is 11.0. The molecule has 4 heteroatoms. The molecule has 1 aliphatic carbocycles. The van der Waals surface area contributed by atoms with Crippen molar-refractivity contribution in [2.45, 2.75) is 44.2 Å². The number of aliphatic hydroxyl groups is 1. The van der Waals surface area contributed by atoms with Crippen LogP contribution in [0.25, 0.3) is 11.0 Å². The molecule has 0 spiro atoms. The summed E-state index contributed by atoms with van der Waals surface area (Å²) in [5.41, 5.74) is 2.03. The first kappa shape index (κ1) is 12.8.